The quantitative estimate of drug-likeness (QED) is 0.583. The second-order valence-corrected chi connectivity index (χ2v) is 9.12. The summed E-state index contributed by atoms with van der Waals surface area (Å²) in [5.41, 5.74) is 1.33. The molecule has 1 aliphatic rings. The third-order valence-electron chi connectivity index (χ3n) is 4.89. The zero-order valence-electron chi connectivity index (χ0n) is 16.5. The summed E-state index contributed by atoms with van der Waals surface area (Å²) in [5, 5.41) is 0. The Kier molecular flexibility index (Phi) is 5.12. The molecular formula is C20H22N4O5S. The van der Waals surface area contributed by atoms with Crippen LogP contribution in [0.4, 0.5) is 5.69 Å². The average Bonchev–Trinajstić information content (AvgIpc) is 3.06. The van der Waals surface area contributed by atoms with E-state index in [0.717, 1.165) is 0 Å². The number of carbonyl (C=O) groups excluding carboxylic acids is 1. The number of nitrogens with zero attached hydrogens (tertiary/aromatic N) is 1. The number of carbonyl (C=O) groups is 1. The maximum atomic E-state index is 12.7. The SMILES string of the molecule is CC1CN(C(=O)c2ccc(NS(=O)(=O)c3ccc4[nH]c(=O)[nH]c4c3)cc2)CC(C)O1. The first kappa shape index (κ1) is 20.2. The molecule has 158 valence electrons. The molecule has 1 saturated heterocycles. The second kappa shape index (κ2) is 7.62. The molecule has 3 aromatic rings. The molecule has 1 fully saturated rings. The fourth-order valence-electron chi connectivity index (χ4n) is 3.60. The van der Waals surface area contributed by atoms with Gasteiger partial charge in [-0.25, -0.2) is 13.2 Å². The Labute approximate surface area is 173 Å². The highest BCUT2D eigenvalue weighted by Crippen LogP contribution is 2.20. The van der Waals surface area contributed by atoms with Crippen molar-refractivity contribution in [3.05, 3.63) is 58.5 Å². The molecule has 0 saturated carbocycles. The minimum absolute atomic E-state index is 0.0155. The van der Waals surface area contributed by atoms with Crippen LogP contribution in [0.1, 0.15) is 24.2 Å². The monoisotopic (exact) mass is 430 g/mol. The van der Waals surface area contributed by atoms with Gasteiger partial charge in [-0.05, 0) is 56.3 Å². The van der Waals surface area contributed by atoms with Gasteiger partial charge < -0.3 is 19.6 Å². The molecule has 2 aromatic carbocycles. The summed E-state index contributed by atoms with van der Waals surface area (Å²) in [6, 6.07) is 10.6. The maximum Gasteiger partial charge on any atom is 0.323 e. The summed E-state index contributed by atoms with van der Waals surface area (Å²) in [6.07, 6.45) is -0.0628. The van der Waals surface area contributed by atoms with Gasteiger partial charge in [-0.15, -0.1) is 0 Å². The molecule has 0 aliphatic carbocycles. The highest BCUT2D eigenvalue weighted by molar-refractivity contribution is 7.92. The number of aromatic nitrogens is 2. The predicted molar refractivity (Wildman–Crippen MR) is 112 cm³/mol. The summed E-state index contributed by atoms with van der Waals surface area (Å²) in [6.45, 7) is 4.88. The molecule has 10 heteroatoms. The van der Waals surface area contributed by atoms with Gasteiger partial charge in [0, 0.05) is 24.3 Å². The van der Waals surface area contributed by atoms with Gasteiger partial charge in [0.1, 0.15) is 0 Å². The van der Waals surface area contributed by atoms with E-state index >= 15 is 0 Å². The third kappa shape index (κ3) is 4.10. The minimum atomic E-state index is -3.86. The molecule has 4 rings (SSSR count). The summed E-state index contributed by atoms with van der Waals surface area (Å²) in [7, 11) is -3.86. The number of amides is 1. The number of hydrogen-bond acceptors (Lipinski definition) is 5. The van der Waals surface area contributed by atoms with Crippen molar-refractivity contribution in [3.8, 4) is 0 Å². The molecule has 9 nitrogen and oxygen atoms in total. The van der Waals surface area contributed by atoms with Crippen LogP contribution in [0.5, 0.6) is 0 Å². The minimum Gasteiger partial charge on any atom is -0.372 e. The molecule has 2 unspecified atom stereocenters. The Morgan fingerprint density at radius 2 is 1.67 bits per heavy atom. The summed E-state index contributed by atoms with van der Waals surface area (Å²) in [4.78, 5) is 31.0. The Hall–Kier alpha value is -3.11. The first-order chi connectivity index (χ1) is 14.2. The Morgan fingerprint density at radius 1 is 1.03 bits per heavy atom. The number of hydrogen-bond donors (Lipinski definition) is 3. The van der Waals surface area contributed by atoms with Crippen LogP contribution in [0.25, 0.3) is 11.0 Å². The van der Waals surface area contributed by atoms with E-state index in [-0.39, 0.29) is 23.0 Å². The fourth-order valence-corrected chi connectivity index (χ4v) is 4.68. The largest absolute Gasteiger partial charge is 0.372 e. The Balaban J connectivity index is 1.50. The predicted octanol–water partition coefficient (Wildman–Crippen LogP) is 1.91. The number of imidazole rings is 1. The van der Waals surface area contributed by atoms with E-state index in [0.29, 0.717) is 35.4 Å². The lowest BCUT2D eigenvalue weighted by Crippen LogP contribution is -2.48. The lowest BCUT2D eigenvalue weighted by molar-refractivity contribution is -0.0586. The first-order valence-electron chi connectivity index (χ1n) is 9.51. The molecule has 0 spiro atoms. The van der Waals surface area contributed by atoms with Gasteiger partial charge in [0.25, 0.3) is 15.9 Å². The molecule has 30 heavy (non-hydrogen) atoms. The van der Waals surface area contributed by atoms with E-state index < -0.39 is 15.7 Å². The highest BCUT2D eigenvalue weighted by atomic mass is 32.2. The van der Waals surface area contributed by atoms with Gasteiger partial charge >= 0.3 is 5.69 Å². The van der Waals surface area contributed by atoms with Crippen LogP contribution in [0.2, 0.25) is 0 Å². The van der Waals surface area contributed by atoms with Gasteiger partial charge in [-0.3, -0.25) is 9.52 Å². The molecule has 2 heterocycles. The number of H-pyrrole nitrogens is 2. The fraction of sp³-hybridized carbons (Fsp3) is 0.300. The van der Waals surface area contributed by atoms with Crippen molar-refractivity contribution < 1.29 is 17.9 Å². The van der Waals surface area contributed by atoms with Gasteiger partial charge in [-0.1, -0.05) is 0 Å². The van der Waals surface area contributed by atoms with Crippen molar-refractivity contribution in [1.29, 1.82) is 0 Å². The molecule has 1 aliphatic heterocycles. The normalized spacial score (nSPS) is 19.7. The number of aromatic amines is 2. The number of ether oxygens (including phenoxy) is 1. The van der Waals surface area contributed by atoms with E-state index in [9.17, 15) is 18.0 Å². The molecular weight excluding hydrogens is 408 g/mol. The van der Waals surface area contributed by atoms with Crippen molar-refractivity contribution in [2.75, 3.05) is 17.8 Å². The zero-order chi connectivity index (χ0) is 21.5. The number of rotatable bonds is 4. The number of anilines is 1. The van der Waals surface area contributed by atoms with Gasteiger partial charge in [0.15, 0.2) is 0 Å². The second-order valence-electron chi connectivity index (χ2n) is 7.44. The van der Waals surface area contributed by atoms with Gasteiger partial charge in [-0.2, -0.15) is 0 Å². The maximum absolute atomic E-state index is 12.7. The lowest BCUT2D eigenvalue weighted by Gasteiger charge is -2.35. The number of nitrogens with one attached hydrogen (secondary N) is 3. The highest BCUT2D eigenvalue weighted by Gasteiger charge is 2.26. The number of morpholine rings is 1. The van der Waals surface area contributed by atoms with Gasteiger partial charge in [0.2, 0.25) is 0 Å². The van der Waals surface area contributed by atoms with Crippen LogP contribution in [0.15, 0.2) is 52.2 Å². The summed E-state index contributed by atoms with van der Waals surface area (Å²) in [5.74, 6) is -0.117. The van der Waals surface area contributed by atoms with E-state index in [1.807, 2.05) is 13.8 Å². The summed E-state index contributed by atoms with van der Waals surface area (Å²) >= 11 is 0. The Bertz CT molecular complexity index is 1240. The van der Waals surface area contributed by atoms with Crippen LogP contribution < -0.4 is 10.4 Å². The molecule has 1 amide bonds. The number of sulfonamides is 1. The van der Waals surface area contributed by atoms with E-state index in [4.69, 9.17) is 4.74 Å². The third-order valence-corrected chi connectivity index (χ3v) is 6.27. The van der Waals surface area contributed by atoms with Crippen LogP contribution in [-0.2, 0) is 14.8 Å². The number of fused-ring (bicyclic) bond motifs is 1. The van der Waals surface area contributed by atoms with Crippen LogP contribution >= 0.6 is 0 Å². The smallest absolute Gasteiger partial charge is 0.323 e. The van der Waals surface area contributed by atoms with Crippen molar-refractivity contribution in [1.82, 2.24) is 14.9 Å². The molecule has 2 atom stereocenters. The van der Waals surface area contributed by atoms with E-state index in [2.05, 4.69) is 14.7 Å². The van der Waals surface area contributed by atoms with Crippen LogP contribution in [-0.4, -0.2) is 54.5 Å². The van der Waals surface area contributed by atoms with E-state index in [1.165, 1.54) is 18.2 Å². The Morgan fingerprint density at radius 3 is 2.33 bits per heavy atom. The average molecular weight is 430 g/mol. The molecule has 1 aromatic heterocycles. The lowest BCUT2D eigenvalue weighted by atomic mass is 10.1. The van der Waals surface area contributed by atoms with E-state index in [1.54, 1.807) is 29.2 Å². The first-order valence-corrected chi connectivity index (χ1v) is 11.0. The molecule has 0 bridgehead atoms. The molecule has 3 N–H and O–H groups in total. The number of benzene rings is 2. The van der Waals surface area contributed by atoms with Crippen LogP contribution in [0, 0.1) is 0 Å². The zero-order valence-corrected chi connectivity index (χ0v) is 17.3. The van der Waals surface area contributed by atoms with Crippen molar-refractivity contribution in [2.24, 2.45) is 0 Å². The van der Waals surface area contributed by atoms with Gasteiger partial charge in [0.05, 0.1) is 28.1 Å². The van der Waals surface area contributed by atoms with Crippen molar-refractivity contribution in [2.45, 2.75) is 31.0 Å². The topological polar surface area (TPSA) is 124 Å². The van der Waals surface area contributed by atoms with Crippen LogP contribution in [0.3, 0.4) is 0 Å². The summed E-state index contributed by atoms with van der Waals surface area (Å²) < 4.78 is 33.5. The molecule has 0 radical (unpaired) electrons. The van der Waals surface area contributed by atoms with Crippen molar-refractivity contribution >= 4 is 32.7 Å². The standard InChI is InChI=1S/C20H22N4O5S/c1-12-10-24(11-13(2)29-12)19(25)14-3-5-15(6-4-14)23-30(27,28)16-7-8-17-18(9-16)22-20(26)21-17/h3-9,12-13,23H,10-11H2,1-2H3,(H2,21,22,26). The van der Waals surface area contributed by atoms with Crippen molar-refractivity contribution in [3.63, 3.8) is 0 Å².